The average Bonchev–Trinajstić information content (AvgIpc) is 3.16. The number of carboxylic acid groups (broad SMARTS) is 1. The predicted octanol–water partition coefficient (Wildman–Crippen LogP) is 2.65. The molecular weight excluding hydrogens is 500 g/mol. The third-order valence-corrected chi connectivity index (χ3v) is 5.84. The summed E-state index contributed by atoms with van der Waals surface area (Å²) in [6, 6.07) is 12.4. The average molecular weight is 531 g/mol. The molecule has 0 saturated heterocycles. The van der Waals surface area contributed by atoms with Gasteiger partial charge in [0.05, 0.1) is 30.6 Å². The number of nitrogens with one attached hydrogen (secondary N) is 3. The number of ether oxygens (including phenoxy) is 1. The first-order valence-corrected chi connectivity index (χ1v) is 11.4. The Morgan fingerprint density at radius 1 is 1.16 bits per heavy atom. The lowest BCUT2D eigenvalue weighted by Crippen LogP contribution is -2.50. The molecule has 0 aliphatic heterocycles. The summed E-state index contributed by atoms with van der Waals surface area (Å²) in [6.45, 7) is 3.73. The molecule has 0 aliphatic carbocycles. The van der Waals surface area contributed by atoms with Crippen molar-refractivity contribution in [3.63, 3.8) is 0 Å². The zero-order valence-electron chi connectivity index (χ0n) is 20.8. The van der Waals surface area contributed by atoms with Gasteiger partial charge >= 0.3 is 11.9 Å². The van der Waals surface area contributed by atoms with Crippen molar-refractivity contribution in [1.29, 1.82) is 5.41 Å². The Balaban J connectivity index is 0.00000481. The van der Waals surface area contributed by atoms with Crippen LogP contribution >= 0.6 is 12.4 Å². The van der Waals surface area contributed by atoms with Crippen LogP contribution in [0.2, 0.25) is 0 Å². The number of carbonyl (C=O) groups is 3. The minimum atomic E-state index is -1.52. The number of hydrogen-bond acceptors (Lipinski definition) is 7. The highest BCUT2D eigenvalue weighted by Gasteiger charge is 2.39. The van der Waals surface area contributed by atoms with E-state index in [1.54, 1.807) is 31.2 Å². The van der Waals surface area contributed by atoms with Crippen LogP contribution in [0.5, 0.6) is 0 Å². The molecule has 2 aromatic carbocycles. The molecule has 0 radical (unpaired) electrons. The second kappa shape index (κ2) is 12.2. The number of benzene rings is 2. The van der Waals surface area contributed by atoms with Gasteiger partial charge in [0, 0.05) is 24.7 Å². The van der Waals surface area contributed by atoms with Crippen LogP contribution in [0.25, 0.3) is 11.0 Å². The van der Waals surface area contributed by atoms with Crippen molar-refractivity contribution in [2.45, 2.75) is 38.8 Å². The summed E-state index contributed by atoms with van der Waals surface area (Å²) in [7, 11) is 1.88. The number of aryl methyl sites for hydroxylation is 1. The fraction of sp³-hybridized carbons (Fsp3) is 0.320. The second-order valence-corrected chi connectivity index (χ2v) is 8.42. The number of amides is 1. The first kappa shape index (κ1) is 29.1. The molecule has 0 aliphatic rings. The van der Waals surface area contributed by atoms with Crippen LogP contribution in [-0.4, -0.2) is 44.9 Å². The lowest BCUT2D eigenvalue weighted by Gasteiger charge is -2.29. The first-order chi connectivity index (χ1) is 17.0. The number of imidazole rings is 1. The van der Waals surface area contributed by atoms with Gasteiger partial charge in [-0.2, -0.15) is 0 Å². The van der Waals surface area contributed by atoms with Crippen LogP contribution < -0.4 is 16.4 Å². The summed E-state index contributed by atoms with van der Waals surface area (Å²) in [4.78, 5) is 40.8. The third-order valence-electron chi connectivity index (χ3n) is 5.84. The Morgan fingerprint density at radius 2 is 1.84 bits per heavy atom. The Labute approximate surface area is 220 Å². The summed E-state index contributed by atoms with van der Waals surface area (Å²) < 4.78 is 7.13. The van der Waals surface area contributed by atoms with Crippen LogP contribution in [0.1, 0.15) is 43.6 Å². The van der Waals surface area contributed by atoms with Gasteiger partial charge in [-0.1, -0.05) is 6.07 Å². The van der Waals surface area contributed by atoms with Gasteiger partial charge in [0.25, 0.3) is 0 Å². The van der Waals surface area contributed by atoms with Gasteiger partial charge in [-0.25, -0.2) is 9.78 Å². The molecular formula is C25H31ClN6O5. The third kappa shape index (κ3) is 6.76. The van der Waals surface area contributed by atoms with Gasteiger partial charge in [0.1, 0.15) is 11.7 Å². The van der Waals surface area contributed by atoms with E-state index in [9.17, 15) is 14.4 Å². The highest BCUT2D eigenvalue weighted by atomic mass is 35.5. The Hall–Kier alpha value is -4.12. The van der Waals surface area contributed by atoms with Gasteiger partial charge in [0.15, 0.2) is 5.54 Å². The molecule has 1 unspecified atom stereocenters. The zero-order valence-corrected chi connectivity index (χ0v) is 21.6. The molecule has 1 amide bonds. The molecule has 6 N–H and O–H groups in total. The molecule has 0 fully saturated rings. The lowest BCUT2D eigenvalue weighted by molar-refractivity contribution is -0.153. The fourth-order valence-corrected chi connectivity index (χ4v) is 3.75. The Morgan fingerprint density at radius 3 is 2.43 bits per heavy atom. The van der Waals surface area contributed by atoms with Crippen LogP contribution in [-0.2, 0) is 38.3 Å². The van der Waals surface area contributed by atoms with Crippen molar-refractivity contribution in [3.8, 4) is 0 Å². The van der Waals surface area contributed by atoms with Gasteiger partial charge < -0.3 is 30.8 Å². The van der Waals surface area contributed by atoms with Crippen molar-refractivity contribution in [2.24, 2.45) is 12.8 Å². The Bertz CT molecular complexity index is 1310. The number of nitrogens with two attached hydrogens (primary N) is 1. The summed E-state index contributed by atoms with van der Waals surface area (Å²) >= 11 is 0. The number of rotatable bonds is 11. The predicted molar refractivity (Wildman–Crippen MR) is 142 cm³/mol. The number of aromatic nitrogens is 2. The van der Waals surface area contributed by atoms with E-state index >= 15 is 0 Å². The number of esters is 1. The zero-order chi connectivity index (χ0) is 26.5. The quantitative estimate of drug-likeness (QED) is 0.143. The molecule has 11 nitrogen and oxygen atoms in total. The highest BCUT2D eigenvalue weighted by Crippen LogP contribution is 2.27. The van der Waals surface area contributed by atoms with Crippen molar-refractivity contribution in [2.75, 3.05) is 11.9 Å². The van der Waals surface area contributed by atoms with Crippen LogP contribution in [0.4, 0.5) is 5.69 Å². The van der Waals surface area contributed by atoms with E-state index in [-0.39, 0.29) is 37.7 Å². The standard InChI is InChI=1S/C25H30N6O5.ClH/c1-4-36-24(35)25(2,30-21(32)11-12-22(33)34)16-7-10-19-18(13-16)29-20(31(19)3)14-28-17-8-5-15(6-9-17)23(26)27;/h5-10,13,28H,4,11-12,14H2,1-3H3,(H3,26,27)(H,30,32)(H,33,34);1H. The topological polar surface area (TPSA) is 172 Å². The number of nitrogen functional groups attached to an aromatic ring is 1. The molecule has 3 aromatic rings. The monoisotopic (exact) mass is 530 g/mol. The van der Waals surface area contributed by atoms with E-state index in [4.69, 9.17) is 26.0 Å². The van der Waals surface area contributed by atoms with E-state index in [1.165, 1.54) is 6.92 Å². The molecule has 1 heterocycles. The largest absolute Gasteiger partial charge is 0.481 e. The molecule has 198 valence electrons. The summed E-state index contributed by atoms with van der Waals surface area (Å²) in [5.41, 5.74) is 7.36. The molecule has 3 rings (SSSR count). The summed E-state index contributed by atoms with van der Waals surface area (Å²) in [5, 5.41) is 22.3. The summed E-state index contributed by atoms with van der Waals surface area (Å²) in [5.74, 6) is -1.59. The van der Waals surface area contributed by atoms with Gasteiger partial charge in [-0.3, -0.25) is 15.0 Å². The minimum Gasteiger partial charge on any atom is -0.481 e. The van der Waals surface area contributed by atoms with Gasteiger partial charge in [-0.05, 0) is 55.8 Å². The van der Waals surface area contributed by atoms with Gasteiger partial charge in [-0.15, -0.1) is 12.4 Å². The van der Waals surface area contributed by atoms with Crippen molar-refractivity contribution >= 4 is 52.8 Å². The van der Waals surface area contributed by atoms with Gasteiger partial charge in [0.2, 0.25) is 5.91 Å². The normalized spacial score (nSPS) is 12.2. The van der Waals surface area contributed by atoms with Crippen LogP contribution in [0.3, 0.4) is 0 Å². The number of carboxylic acids is 1. The molecule has 37 heavy (non-hydrogen) atoms. The Kier molecular flexibility index (Phi) is 9.61. The summed E-state index contributed by atoms with van der Waals surface area (Å²) in [6.07, 6.45) is -0.614. The van der Waals surface area contributed by atoms with E-state index in [0.717, 1.165) is 17.0 Å². The maximum Gasteiger partial charge on any atom is 0.336 e. The SMILES string of the molecule is CCOC(=O)C(C)(NC(=O)CCC(=O)O)c1ccc2c(c1)nc(CNc1ccc(C(=N)N)cc1)n2C.Cl. The number of fused-ring (bicyclic) bond motifs is 1. The molecule has 12 heteroatoms. The number of amidine groups is 1. The van der Waals surface area contributed by atoms with Crippen LogP contribution in [0, 0.1) is 5.41 Å². The van der Waals surface area contributed by atoms with Crippen molar-refractivity contribution < 1.29 is 24.2 Å². The van der Waals surface area contributed by atoms with Crippen molar-refractivity contribution in [1.82, 2.24) is 14.9 Å². The highest BCUT2D eigenvalue weighted by molar-refractivity contribution is 5.95. The molecule has 0 bridgehead atoms. The van der Waals surface area contributed by atoms with E-state index in [2.05, 4.69) is 10.6 Å². The number of carbonyl (C=O) groups excluding carboxylic acids is 2. The maximum absolute atomic E-state index is 12.9. The van der Waals surface area contributed by atoms with Crippen LogP contribution in [0.15, 0.2) is 42.5 Å². The van der Waals surface area contributed by atoms with E-state index in [1.807, 2.05) is 29.8 Å². The minimum absolute atomic E-state index is 0. The molecule has 0 spiro atoms. The molecule has 0 saturated carbocycles. The lowest BCUT2D eigenvalue weighted by atomic mass is 9.91. The maximum atomic E-state index is 12.9. The second-order valence-electron chi connectivity index (χ2n) is 8.42. The molecule has 1 atom stereocenters. The van der Waals surface area contributed by atoms with Crippen molar-refractivity contribution in [3.05, 3.63) is 59.4 Å². The molecule has 1 aromatic heterocycles. The van der Waals surface area contributed by atoms with E-state index in [0.29, 0.717) is 23.2 Å². The number of hydrogen-bond donors (Lipinski definition) is 5. The smallest absolute Gasteiger partial charge is 0.336 e. The van der Waals surface area contributed by atoms with E-state index < -0.39 is 23.4 Å². The number of nitrogens with zero attached hydrogens (tertiary/aromatic N) is 2. The number of anilines is 1. The number of aliphatic carboxylic acids is 1. The number of halogens is 1. The fourth-order valence-electron chi connectivity index (χ4n) is 3.75. The first-order valence-electron chi connectivity index (χ1n) is 11.4.